The van der Waals surface area contributed by atoms with Crippen LogP contribution in [-0.2, 0) is 10.0 Å². The summed E-state index contributed by atoms with van der Waals surface area (Å²) in [5, 5.41) is 11.8. The van der Waals surface area contributed by atoms with Crippen LogP contribution in [0.5, 0.6) is 0 Å². The summed E-state index contributed by atoms with van der Waals surface area (Å²) in [5.74, 6) is -0.670. The Kier molecular flexibility index (Phi) is 3.96. The largest absolute Gasteiger partial charge is 0.409 e. The molecule has 0 heterocycles. The molecule has 0 spiro atoms. The van der Waals surface area contributed by atoms with Crippen LogP contribution >= 0.6 is 0 Å². The Morgan fingerprint density at radius 3 is 2.35 bits per heavy atom. The van der Waals surface area contributed by atoms with Gasteiger partial charge in [0.05, 0.1) is 10.4 Å². The van der Waals surface area contributed by atoms with Crippen LogP contribution in [0.25, 0.3) is 0 Å². The molecule has 6 nitrogen and oxygen atoms in total. The summed E-state index contributed by atoms with van der Waals surface area (Å²) in [7, 11) is -3.86. The van der Waals surface area contributed by atoms with Crippen molar-refractivity contribution in [1.29, 1.82) is 0 Å². The van der Waals surface area contributed by atoms with Gasteiger partial charge in [-0.05, 0) is 37.1 Å². The highest BCUT2D eigenvalue weighted by molar-refractivity contribution is 7.89. The van der Waals surface area contributed by atoms with Gasteiger partial charge in [-0.2, -0.15) is 4.72 Å². The molecule has 0 aliphatic heterocycles. The maximum Gasteiger partial charge on any atom is 0.241 e. The molecule has 0 atom stereocenters. The Bertz CT molecular complexity index is 607. The molecule has 4 N–H and O–H groups in total. The molecule has 0 radical (unpaired) electrons. The van der Waals surface area contributed by atoms with Crippen LogP contribution in [0.3, 0.4) is 0 Å². The number of halogens is 1. The monoisotopic (exact) mass is 301 g/mol. The third-order valence-electron chi connectivity index (χ3n) is 3.51. The van der Waals surface area contributed by atoms with Crippen LogP contribution in [0.4, 0.5) is 4.39 Å². The number of benzene rings is 1. The van der Waals surface area contributed by atoms with Crippen LogP contribution in [0.15, 0.2) is 34.3 Å². The zero-order valence-electron chi connectivity index (χ0n) is 10.7. The van der Waals surface area contributed by atoms with E-state index in [0.717, 1.165) is 25.0 Å². The highest BCUT2D eigenvalue weighted by Crippen LogP contribution is 2.31. The van der Waals surface area contributed by atoms with Crippen LogP contribution in [-0.4, -0.2) is 25.0 Å². The fraction of sp³-hybridized carbons (Fsp3) is 0.417. The SMILES string of the molecule is N/C(=N/O)C1(NS(=O)(=O)c2ccc(F)cc2)CCCC1. The molecule has 110 valence electrons. The molecule has 8 heteroatoms. The Labute approximate surface area is 116 Å². The van der Waals surface area contributed by atoms with Gasteiger partial charge in [-0.25, -0.2) is 12.8 Å². The van der Waals surface area contributed by atoms with Crippen molar-refractivity contribution >= 4 is 15.9 Å². The van der Waals surface area contributed by atoms with Gasteiger partial charge in [0.1, 0.15) is 5.82 Å². The topological polar surface area (TPSA) is 105 Å². The van der Waals surface area contributed by atoms with E-state index in [4.69, 9.17) is 10.9 Å². The summed E-state index contributed by atoms with van der Waals surface area (Å²) < 4.78 is 39.9. The summed E-state index contributed by atoms with van der Waals surface area (Å²) in [4.78, 5) is -0.0593. The average molecular weight is 301 g/mol. The maximum absolute atomic E-state index is 12.9. The molecule has 1 aromatic carbocycles. The van der Waals surface area contributed by atoms with Crippen LogP contribution in [0.1, 0.15) is 25.7 Å². The van der Waals surface area contributed by atoms with Gasteiger partial charge in [0.15, 0.2) is 5.84 Å². The highest BCUT2D eigenvalue weighted by Gasteiger charge is 2.42. The molecule has 1 fully saturated rings. The van der Waals surface area contributed by atoms with Gasteiger partial charge in [-0.15, -0.1) is 0 Å². The van der Waals surface area contributed by atoms with E-state index in [2.05, 4.69) is 9.88 Å². The first-order valence-electron chi connectivity index (χ1n) is 6.17. The molecule has 1 aromatic rings. The summed E-state index contributed by atoms with van der Waals surface area (Å²) in [5.41, 5.74) is 4.57. The van der Waals surface area contributed by atoms with Gasteiger partial charge >= 0.3 is 0 Å². The minimum atomic E-state index is -3.86. The molecule has 1 aliphatic carbocycles. The predicted octanol–water partition coefficient (Wildman–Crippen LogP) is 1.16. The summed E-state index contributed by atoms with van der Waals surface area (Å²) in [6.07, 6.45) is 2.48. The first kappa shape index (κ1) is 14.7. The number of sulfonamides is 1. The third-order valence-corrected chi connectivity index (χ3v) is 5.06. The lowest BCUT2D eigenvalue weighted by Gasteiger charge is -2.28. The second-order valence-corrected chi connectivity index (χ2v) is 6.52. The lowest BCUT2D eigenvalue weighted by atomic mass is 9.98. The standard InChI is InChI=1S/C12H16FN3O3S/c13-9-3-5-10(6-4-9)20(18,19)16-12(11(14)15-17)7-1-2-8-12/h3-6,16-17H,1-2,7-8H2,(H2,14,15). The molecule has 0 unspecified atom stereocenters. The Morgan fingerprint density at radius 2 is 1.85 bits per heavy atom. The van der Waals surface area contributed by atoms with Crippen LogP contribution in [0, 0.1) is 5.82 Å². The van der Waals surface area contributed by atoms with Crippen LogP contribution in [0.2, 0.25) is 0 Å². The van der Waals surface area contributed by atoms with E-state index in [1.165, 1.54) is 12.1 Å². The first-order chi connectivity index (χ1) is 9.39. The average Bonchev–Trinajstić information content (AvgIpc) is 2.87. The first-order valence-corrected chi connectivity index (χ1v) is 7.65. The van der Waals surface area contributed by atoms with Crippen LogP contribution < -0.4 is 10.5 Å². The van der Waals surface area contributed by atoms with E-state index < -0.39 is 21.4 Å². The van der Waals surface area contributed by atoms with Crippen molar-refractivity contribution in [3.8, 4) is 0 Å². The molecular weight excluding hydrogens is 285 g/mol. The molecule has 20 heavy (non-hydrogen) atoms. The molecule has 1 aliphatic rings. The van der Waals surface area contributed by atoms with E-state index in [1.807, 2.05) is 0 Å². The van der Waals surface area contributed by atoms with E-state index in [9.17, 15) is 12.8 Å². The maximum atomic E-state index is 12.9. The molecular formula is C12H16FN3O3S. The number of hydrogen-bond donors (Lipinski definition) is 3. The van der Waals surface area contributed by atoms with Gasteiger partial charge in [0.25, 0.3) is 0 Å². The van der Waals surface area contributed by atoms with Gasteiger partial charge in [0.2, 0.25) is 10.0 Å². The smallest absolute Gasteiger partial charge is 0.241 e. The Hall–Kier alpha value is -1.67. The predicted molar refractivity (Wildman–Crippen MR) is 71.3 cm³/mol. The number of hydrogen-bond acceptors (Lipinski definition) is 4. The van der Waals surface area contributed by atoms with Gasteiger partial charge in [0, 0.05) is 0 Å². The van der Waals surface area contributed by atoms with Crippen molar-refractivity contribution < 1.29 is 18.0 Å². The second-order valence-electron chi connectivity index (χ2n) is 4.83. The van der Waals surface area contributed by atoms with E-state index in [0.29, 0.717) is 12.8 Å². The fourth-order valence-electron chi connectivity index (χ4n) is 2.41. The number of nitrogens with one attached hydrogen (secondary N) is 1. The van der Waals surface area contributed by atoms with Gasteiger partial charge in [-0.3, -0.25) is 0 Å². The summed E-state index contributed by atoms with van der Waals surface area (Å²) in [6, 6.07) is 4.48. The lowest BCUT2D eigenvalue weighted by molar-refractivity contribution is 0.309. The quantitative estimate of drug-likeness (QED) is 0.336. The van der Waals surface area contributed by atoms with E-state index in [-0.39, 0.29) is 10.7 Å². The third kappa shape index (κ3) is 2.75. The lowest BCUT2D eigenvalue weighted by Crippen LogP contribution is -2.55. The zero-order valence-corrected chi connectivity index (χ0v) is 11.5. The molecule has 0 bridgehead atoms. The minimum Gasteiger partial charge on any atom is -0.409 e. The van der Waals surface area contributed by atoms with Crippen molar-refractivity contribution in [2.45, 2.75) is 36.1 Å². The number of oxime groups is 1. The molecule has 0 saturated heterocycles. The number of amidine groups is 1. The van der Waals surface area contributed by atoms with E-state index in [1.54, 1.807) is 0 Å². The van der Waals surface area contributed by atoms with Crippen molar-refractivity contribution in [2.24, 2.45) is 10.9 Å². The van der Waals surface area contributed by atoms with Gasteiger partial charge < -0.3 is 10.9 Å². The molecule has 0 amide bonds. The van der Waals surface area contributed by atoms with E-state index >= 15 is 0 Å². The van der Waals surface area contributed by atoms with Crippen molar-refractivity contribution in [1.82, 2.24) is 4.72 Å². The molecule has 0 aromatic heterocycles. The second kappa shape index (κ2) is 5.37. The fourth-order valence-corrected chi connectivity index (χ4v) is 3.85. The van der Waals surface area contributed by atoms with Crippen molar-refractivity contribution in [2.75, 3.05) is 0 Å². The molecule has 2 rings (SSSR count). The summed E-state index contributed by atoms with van der Waals surface area (Å²) >= 11 is 0. The van der Waals surface area contributed by atoms with Gasteiger partial charge in [-0.1, -0.05) is 18.0 Å². The van der Waals surface area contributed by atoms with Crippen molar-refractivity contribution in [3.05, 3.63) is 30.1 Å². The normalized spacial score (nSPS) is 19.1. The summed E-state index contributed by atoms with van der Waals surface area (Å²) in [6.45, 7) is 0. The number of rotatable bonds is 4. The highest BCUT2D eigenvalue weighted by atomic mass is 32.2. The number of nitrogens with zero attached hydrogens (tertiary/aromatic N) is 1. The zero-order chi connectivity index (χ0) is 14.8. The Balaban J connectivity index is 2.33. The molecule has 1 saturated carbocycles. The van der Waals surface area contributed by atoms with Crippen molar-refractivity contribution in [3.63, 3.8) is 0 Å². The number of nitrogens with two attached hydrogens (primary N) is 1. The minimum absolute atomic E-state index is 0.0593. The Morgan fingerprint density at radius 1 is 1.30 bits per heavy atom.